The zero-order valence-corrected chi connectivity index (χ0v) is 21.9. The van der Waals surface area contributed by atoms with Gasteiger partial charge in [-0.05, 0) is 78.4 Å². The minimum Gasteiger partial charge on any atom is -0.478 e. The van der Waals surface area contributed by atoms with Gasteiger partial charge >= 0.3 is 5.97 Å². The lowest BCUT2D eigenvalue weighted by Crippen LogP contribution is -2.30. The van der Waals surface area contributed by atoms with Gasteiger partial charge in [-0.2, -0.15) is 0 Å². The van der Waals surface area contributed by atoms with E-state index in [2.05, 4.69) is 20.9 Å². The number of nitrogens with zero attached hydrogens (tertiary/aromatic N) is 1. The summed E-state index contributed by atoms with van der Waals surface area (Å²) in [5.41, 5.74) is 2.25. The van der Waals surface area contributed by atoms with Crippen molar-refractivity contribution in [3.63, 3.8) is 0 Å². The zero-order valence-electron chi connectivity index (χ0n) is 21.0. The van der Waals surface area contributed by atoms with Crippen molar-refractivity contribution in [3.8, 4) is 0 Å². The van der Waals surface area contributed by atoms with Crippen LogP contribution in [0.1, 0.15) is 26.3 Å². The number of aromatic nitrogens is 1. The van der Waals surface area contributed by atoms with E-state index < -0.39 is 17.8 Å². The molecule has 4 N–H and O–H groups in total. The molecule has 0 fully saturated rings. The van der Waals surface area contributed by atoms with Crippen molar-refractivity contribution < 1.29 is 24.3 Å². The number of aromatic carboxylic acids is 1. The fourth-order valence-electron chi connectivity index (χ4n) is 3.45. The number of carbonyl (C=O) groups excluding carboxylic acids is 3. The summed E-state index contributed by atoms with van der Waals surface area (Å²) >= 11 is 1.30. The van der Waals surface area contributed by atoms with Crippen LogP contribution in [0.2, 0.25) is 0 Å². The Hall–Kier alpha value is -5.22. The molecule has 9 nitrogen and oxygen atoms in total. The third-order valence-electron chi connectivity index (χ3n) is 5.42. The topological polar surface area (TPSA) is 137 Å². The molecule has 0 aliphatic carbocycles. The SMILES string of the molecule is O=C(CSc1ccc(NC(=O)/C(=C/c2cccnc2)NC(=O)c2ccccc2)cc1)Nc1ccc(C(=O)O)cc1. The predicted molar refractivity (Wildman–Crippen MR) is 154 cm³/mol. The van der Waals surface area contributed by atoms with E-state index >= 15 is 0 Å². The molecular weight excluding hydrogens is 528 g/mol. The van der Waals surface area contributed by atoms with Gasteiger partial charge in [0.1, 0.15) is 5.70 Å². The van der Waals surface area contributed by atoms with Gasteiger partial charge in [0.15, 0.2) is 0 Å². The smallest absolute Gasteiger partial charge is 0.335 e. The van der Waals surface area contributed by atoms with E-state index in [1.807, 2.05) is 0 Å². The van der Waals surface area contributed by atoms with Crippen LogP contribution in [0.4, 0.5) is 11.4 Å². The second-order valence-electron chi connectivity index (χ2n) is 8.36. The highest BCUT2D eigenvalue weighted by Gasteiger charge is 2.15. The number of hydrogen-bond donors (Lipinski definition) is 4. The molecule has 0 spiro atoms. The molecule has 0 aliphatic heterocycles. The van der Waals surface area contributed by atoms with E-state index in [-0.39, 0.29) is 22.9 Å². The number of benzene rings is 3. The third-order valence-corrected chi connectivity index (χ3v) is 6.43. The van der Waals surface area contributed by atoms with Crippen molar-refractivity contribution in [2.24, 2.45) is 0 Å². The Labute approximate surface area is 234 Å². The van der Waals surface area contributed by atoms with Crippen molar-refractivity contribution in [2.45, 2.75) is 4.90 Å². The van der Waals surface area contributed by atoms with Crippen LogP contribution in [0.3, 0.4) is 0 Å². The Morgan fingerprint density at radius 3 is 2.10 bits per heavy atom. The first-order valence-corrected chi connectivity index (χ1v) is 13.0. The maximum absolute atomic E-state index is 13.1. The average molecular weight is 553 g/mol. The number of amides is 3. The first-order valence-electron chi connectivity index (χ1n) is 12.0. The molecule has 1 heterocycles. The van der Waals surface area contributed by atoms with Crippen LogP contribution >= 0.6 is 11.8 Å². The van der Waals surface area contributed by atoms with Gasteiger partial charge in [0.25, 0.3) is 11.8 Å². The lowest BCUT2D eigenvalue weighted by atomic mass is 10.2. The molecule has 4 rings (SSSR count). The second kappa shape index (κ2) is 13.5. The molecule has 0 aliphatic rings. The molecule has 0 bridgehead atoms. The number of pyridine rings is 1. The highest BCUT2D eigenvalue weighted by atomic mass is 32.2. The maximum atomic E-state index is 13.1. The highest BCUT2D eigenvalue weighted by molar-refractivity contribution is 8.00. The van der Waals surface area contributed by atoms with Crippen LogP contribution in [-0.4, -0.2) is 39.5 Å². The van der Waals surface area contributed by atoms with Gasteiger partial charge in [-0.3, -0.25) is 19.4 Å². The number of rotatable bonds is 10. The van der Waals surface area contributed by atoms with Crippen molar-refractivity contribution in [1.29, 1.82) is 0 Å². The van der Waals surface area contributed by atoms with Crippen molar-refractivity contribution in [1.82, 2.24) is 10.3 Å². The number of carboxylic acid groups (broad SMARTS) is 1. The fourth-order valence-corrected chi connectivity index (χ4v) is 4.14. The summed E-state index contributed by atoms with van der Waals surface area (Å²) in [4.78, 5) is 53.9. The Kier molecular flexibility index (Phi) is 9.41. The van der Waals surface area contributed by atoms with Gasteiger partial charge in [0, 0.05) is 34.2 Å². The van der Waals surface area contributed by atoms with Gasteiger partial charge in [-0.25, -0.2) is 4.79 Å². The molecule has 4 aromatic rings. The van der Waals surface area contributed by atoms with Gasteiger partial charge in [-0.1, -0.05) is 24.3 Å². The third kappa shape index (κ3) is 8.14. The van der Waals surface area contributed by atoms with Gasteiger partial charge in [0.2, 0.25) is 5.91 Å². The number of carbonyl (C=O) groups is 4. The van der Waals surface area contributed by atoms with Crippen molar-refractivity contribution in [2.75, 3.05) is 16.4 Å². The fraction of sp³-hybridized carbons (Fsp3) is 0.0333. The Morgan fingerprint density at radius 2 is 1.45 bits per heavy atom. The number of hydrogen-bond acceptors (Lipinski definition) is 6. The molecule has 3 aromatic carbocycles. The summed E-state index contributed by atoms with van der Waals surface area (Å²) < 4.78 is 0. The van der Waals surface area contributed by atoms with Gasteiger partial charge in [0.05, 0.1) is 11.3 Å². The largest absolute Gasteiger partial charge is 0.478 e. The molecule has 0 atom stereocenters. The van der Waals surface area contributed by atoms with Crippen LogP contribution < -0.4 is 16.0 Å². The van der Waals surface area contributed by atoms with Gasteiger partial charge < -0.3 is 21.1 Å². The first kappa shape index (κ1) is 27.8. The summed E-state index contributed by atoms with van der Waals surface area (Å²) in [6.07, 6.45) is 4.73. The molecule has 0 unspecified atom stereocenters. The summed E-state index contributed by atoms with van der Waals surface area (Å²) in [5, 5.41) is 17.1. The molecule has 3 amide bonds. The molecule has 0 saturated carbocycles. The lowest BCUT2D eigenvalue weighted by molar-refractivity contribution is -0.114. The number of anilines is 2. The second-order valence-corrected chi connectivity index (χ2v) is 9.41. The van der Waals surface area contributed by atoms with Crippen molar-refractivity contribution >= 4 is 52.9 Å². The minimum atomic E-state index is -1.04. The van der Waals surface area contributed by atoms with Crippen LogP contribution in [0, 0.1) is 0 Å². The summed E-state index contributed by atoms with van der Waals surface area (Å²) in [7, 11) is 0. The minimum absolute atomic E-state index is 0.0494. The summed E-state index contributed by atoms with van der Waals surface area (Å²) in [6.45, 7) is 0. The van der Waals surface area contributed by atoms with Crippen LogP contribution in [0.25, 0.3) is 6.08 Å². The van der Waals surface area contributed by atoms with E-state index in [0.29, 0.717) is 22.5 Å². The molecular formula is C30H24N4O5S. The molecule has 200 valence electrons. The van der Waals surface area contributed by atoms with E-state index in [9.17, 15) is 19.2 Å². The van der Waals surface area contributed by atoms with Crippen LogP contribution in [0.5, 0.6) is 0 Å². The number of thioether (sulfide) groups is 1. The van der Waals surface area contributed by atoms with E-state index in [1.165, 1.54) is 36.0 Å². The monoisotopic (exact) mass is 552 g/mol. The predicted octanol–water partition coefficient (Wildman–Crippen LogP) is 4.92. The van der Waals surface area contributed by atoms with E-state index in [0.717, 1.165) is 4.90 Å². The van der Waals surface area contributed by atoms with Crippen LogP contribution in [-0.2, 0) is 9.59 Å². The van der Waals surface area contributed by atoms with E-state index in [1.54, 1.807) is 85.2 Å². The summed E-state index contributed by atoms with van der Waals surface area (Å²) in [6, 6.07) is 24.9. The lowest BCUT2D eigenvalue weighted by Gasteiger charge is -2.12. The Balaban J connectivity index is 1.36. The molecule has 1 aromatic heterocycles. The highest BCUT2D eigenvalue weighted by Crippen LogP contribution is 2.21. The normalized spacial score (nSPS) is 10.8. The Bertz CT molecular complexity index is 1520. The molecule has 40 heavy (non-hydrogen) atoms. The van der Waals surface area contributed by atoms with Crippen molar-refractivity contribution in [3.05, 3.63) is 126 Å². The average Bonchev–Trinajstić information content (AvgIpc) is 2.97. The quantitative estimate of drug-likeness (QED) is 0.162. The molecule has 10 heteroatoms. The number of carboxylic acids is 1. The first-order chi connectivity index (χ1) is 19.4. The summed E-state index contributed by atoms with van der Waals surface area (Å²) in [5.74, 6) is -2.08. The standard InChI is InChI=1S/C30H24N4O5S/c35-27(32-23-10-8-22(9-11-23)30(38)39)19-40-25-14-12-24(13-15-25)33-29(37)26(17-20-5-4-16-31-18-20)34-28(36)21-6-2-1-3-7-21/h1-18H,19H2,(H,32,35)(H,33,37)(H,34,36)(H,38,39)/b26-17-. The van der Waals surface area contributed by atoms with Gasteiger partial charge in [-0.15, -0.1) is 11.8 Å². The zero-order chi connectivity index (χ0) is 28.3. The van der Waals surface area contributed by atoms with E-state index in [4.69, 9.17) is 5.11 Å². The number of nitrogens with one attached hydrogen (secondary N) is 3. The molecule has 0 radical (unpaired) electrons. The Morgan fingerprint density at radius 1 is 0.775 bits per heavy atom. The molecule has 0 saturated heterocycles. The maximum Gasteiger partial charge on any atom is 0.335 e. The van der Waals surface area contributed by atoms with Crippen LogP contribution in [0.15, 0.2) is 114 Å².